The highest BCUT2D eigenvalue weighted by Gasteiger charge is 2.33. The molecule has 5 rings (SSSR count). The minimum atomic E-state index is -1.36. The molecule has 4 aromatic rings. The van der Waals surface area contributed by atoms with Crippen molar-refractivity contribution in [3.63, 3.8) is 0 Å². The molecule has 3 amide bonds. The van der Waals surface area contributed by atoms with E-state index in [4.69, 9.17) is 5.10 Å². The molecule has 0 saturated carbocycles. The Labute approximate surface area is 305 Å². The number of anilines is 1. The van der Waals surface area contributed by atoms with Gasteiger partial charge in [-0.3, -0.25) is 19.2 Å². The van der Waals surface area contributed by atoms with Crippen molar-refractivity contribution in [2.24, 2.45) is 5.92 Å². The number of nitrogens with one attached hydrogen (secondary N) is 1. The van der Waals surface area contributed by atoms with Crippen LogP contribution in [0.25, 0.3) is 5.69 Å². The van der Waals surface area contributed by atoms with E-state index in [0.29, 0.717) is 49.4 Å². The van der Waals surface area contributed by atoms with Gasteiger partial charge < -0.3 is 25.3 Å². The third-order valence-corrected chi connectivity index (χ3v) is 9.66. The largest absolute Gasteiger partial charge is 0.481 e. The average molecular weight is 708 g/mol. The van der Waals surface area contributed by atoms with Crippen LogP contribution in [0.4, 0.5) is 5.69 Å². The van der Waals surface area contributed by atoms with Crippen molar-refractivity contribution in [3.05, 3.63) is 113 Å². The number of carboxylic acids is 1. The summed E-state index contributed by atoms with van der Waals surface area (Å²) in [5.41, 5.74) is 4.62. The van der Waals surface area contributed by atoms with Crippen LogP contribution in [-0.2, 0) is 29.0 Å². The first-order valence-corrected chi connectivity index (χ1v) is 18.2. The summed E-state index contributed by atoms with van der Waals surface area (Å²) < 4.78 is 1.58. The Bertz CT molecular complexity index is 1860. The minimum absolute atomic E-state index is 0.00127. The van der Waals surface area contributed by atoms with E-state index in [1.54, 1.807) is 58.1 Å². The van der Waals surface area contributed by atoms with Crippen molar-refractivity contribution in [1.29, 1.82) is 0 Å². The van der Waals surface area contributed by atoms with Gasteiger partial charge in [0.1, 0.15) is 5.92 Å². The van der Waals surface area contributed by atoms with E-state index in [1.165, 1.54) is 0 Å². The van der Waals surface area contributed by atoms with E-state index in [-0.39, 0.29) is 47.8 Å². The Morgan fingerprint density at radius 3 is 2.25 bits per heavy atom. The zero-order chi connectivity index (χ0) is 37.2. The topological polar surface area (TPSA) is 145 Å². The van der Waals surface area contributed by atoms with Crippen LogP contribution in [0, 0.1) is 12.8 Å². The molecular weight excluding hydrogens is 658 g/mol. The van der Waals surface area contributed by atoms with Crippen LogP contribution >= 0.6 is 0 Å². The fourth-order valence-electron chi connectivity index (χ4n) is 6.73. The summed E-state index contributed by atoms with van der Waals surface area (Å²) in [5.74, 6) is -3.85. The third-order valence-electron chi connectivity index (χ3n) is 9.66. The molecule has 0 spiro atoms. The Hall–Kier alpha value is -5.29. The van der Waals surface area contributed by atoms with Crippen molar-refractivity contribution in [1.82, 2.24) is 19.6 Å². The van der Waals surface area contributed by atoms with E-state index in [9.17, 15) is 29.4 Å². The average Bonchev–Trinajstić information content (AvgIpc) is 3.54. The molecule has 1 unspecified atom stereocenters. The summed E-state index contributed by atoms with van der Waals surface area (Å²) in [4.78, 5) is 57.7. The lowest BCUT2D eigenvalue weighted by atomic mass is 9.91. The lowest BCUT2D eigenvalue weighted by molar-refractivity contribution is -0.145. The lowest BCUT2D eigenvalue weighted by Crippen LogP contribution is -2.45. The number of carbonyl (C=O) groups excluding carboxylic acids is 3. The quantitative estimate of drug-likeness (QED) is 0.120. The molecule has 0 aliphatic carbocycles. The molecule has 1 aliphatic heterocycles. The van der Waals surface area contributed by atoms with Gasteiger partial charge in [-0.05, 0) is 80.0 Å². The van der Waals surface area contributed by atoms with Gasteiger partial charge in [0.15, 0.2) is 5.69 Å². The normalized spacial score (nSPS) is 14.4. The maximum absolute atomic E-state index is 14.7. The number of aromatic nitrogens is 2. The van der Waals surface area contributed by atoms with E-state index in [1.807, 2.05) is 42.2 Å². The number of carbonyl (C=O) groups is 4. The molecule has 0 radical (unpaired) electrons. The van der Waals surface area contributed by atoms with Crippen LogP contribution < -0.4 is 5.32 Å². The lowest BCUT2D eigenvalue weighted by Gasteiger charge is -2.37. The van der Waals surface area contributed by atoms with Crippen molar-refractivity contribution >= 4 is 29.4 Å². The number of amides is 3. The molecule has 2 atom stereocenters. The van der Waals surface area contributed by atoms with Crippen LogP contribution in [0.1, 0.15) is 89.2 Å². The predicted molar refractivity (Wildman–Crippen MR) is 199 cm³/mol. The second-order valence-electron chi connectivity index (χ2n) is 13.5. The summed E-state index contributed by atoms with van der Waals surface area (Å²) in [6.07, 6.45) is 4.60. The number of aliphatic hydroxyl groups is 1. The van der Waals surface area contributed by atoms with Gasteiger partial charge in [-0.15, -0.1) is 0 Å². The zero-order valence-electron chi connectivity index (χ0n) is 30.3. The van der Waals surface area contributed by atoms with Gasteiger partial charge >= 0.3 is 5.97 Å². The minimum Gasteiger partial charge on any atom is -0.481 e. The van der Waals surface area contributed by atoms with Crippen molar-refractivity contribution in [3.8, 4) is 5.69 Å². The number of rotatable bonds is 16. The molecule has 2 heterocycles. The van der Waals surface area contributed by atoms with Crippen LogP contribution in [0.2, 0.25) is 0 Å². The molecule has 1 aromatic heterocycles. The van der Waals surface area contributed by atoms with Gasteiger partial charge in [-0.1, -0.05) is 81.3 Å². The molecule has 1 aliphatic rings. The van der Waals surface area contributed by atoms with Crippen molar-refractivity contribution in [2.45, 2.75) is 78.3 Å². The number of hydrogen-bond acceptors (Lipinski definition) is 6. The molecule has 11 nitrogen and oxygen atoms in total. The molecule has 0 fully saturated rings. The number of carboxylic acid groups (broad SMARTS) is 1. The number of aryl methyl sites for hydroxylation is 1. The first-order chi connectivity index (χ1) is 25.1. The van der Waals surface area contributed by atoms with Gasteiger partial charge in [0.05, 0.1) is 11.3 Å². The highest BCUT2D eigenvalue weighted by molar-refractivity contribution is 6.06. The molecule has 3 aromatic carbocycles. The van der Waals surface area contributed by atoms with Crippen LogP contribution in [0.5, 0.6) is 0 Å². The van der Waals surface area contributed by atoms with E-state index in [2.05, 4.69) is 19.2 Å². The number of benzene rings is 3. The van der Waals surface area contributed by atoms with E-state index >= 15 is 0 Å². The highest BCUT2D eigenvalue weighted by Crippen LogP contribution is 2.30. The molecule has 52 heavy (non-hydrogen) atoms. The summed E-state index contributed by atoms with van der Waals surface area (Å²) in [6.45, 7) is 7.47. The summed E-state index contributed by atoms with van der Waals surface area (Å²) in [6, 6.07) is 23.1. The Kier molecular flexibility index (Phi) is 13.0. The fraction of sp³-hybridized carbons (Fsp3) is 0.390. The number of fused-ring (bicyclic) bond motifs is 1. The smallest absolute Gasteiger partial charge is 0.316 e. The Morgan fingerprint density at radius 2 is 1.60 bits per heavy atom. The third kappa shape index (κ3) is 8.95. The number of nitrogens with zero attached hydrogens (tertiary/aromatic N) is 4. The maximum Gasteiger partial charge on any atom is 0.316 e. The Balaban J connectivity index is 1.54. The molecular formula is C41H49N5O6. The second-order valence-corrected chi connectivity index (χ2v) is 13.5. The van der Waals surface area contributed by atoms with Gasteiger partial charge in [-0.2, -0.15) is 5.10 Å². The SMILES string of the molecule is CCCCN(CCCC)C(=O)c1cc(C)n(-c2ccc(NC(=O)C(Cc3ccccc3)C(=O)O)cc2C(=O)N2Cc3ccccc3C[C@H]2CCO)n1. The summed E-state index contributed by atoms with van der Waals surface area (Å²) in [5, 5.41) is 27.4. The van der Waals surface area contributed by atoms with Gasteiger partial charge in [-0.25, -0.2) is 4.68 Å². The number of hydrogen-bond donors (Lipinski definition) is 3. The fourth-order valence-corrected chi connectivity index (χ4v) is 6.73. The highest BCUT2D eigenvalue weighted by atomic mass is 16.4. The van der Waals surface area contributed by atoms with E-state index < -0.39 is 17.8 Å². The monoisotopic (exact) mass is 707 g/mol. The van der Waals surface area contributed by atoms with Crippen LogP contribution in [-0.4, -0.2) is 79.2 Å². The van der Waals surface area contributed by atoms with E-state index in [0.717, 1.165) is 36.8 Å². The van der Waals surface area contributed by atoms with Crippen molar-refractivity contribution in [2.75, 3.05) is 25.0 Å². The maximum atomic E-state index is 14.7. The second kappa shape index (κ2) is 17.8. The molecule has 3 N–H and O–H groups in total. The first-order valence-electron chi connectivity index (χ1n) is 18.2. The summed E-state index contributed by atoms with van der Waals surface area (Å²) >= 11 is 0. The standard InChI is InChI=1S/C41H49N5O6/c1-4-6-20-44(21-7-5-2)40(50)36-23-28(3)46(43-36)37-18-17-32(42-38(48)35(41(51)52)24-29-13-9-8-10-14-29)26-34(37)39(49)45-27-31-16-12-11-15-30(31)25-33(45)19-22-47/h8-18,23,26,33,35,47H,4-7,19-22,24-25,27H2,1-3H3,(H,42,48)(H,51,52)/t33-,35?/m1/s1. The zero-order valence-corrected chi connectivity index (χ0v) is 30.3. The molecule has 0 saturated heterocycles. The Morgan fingerprint density at radius 1 is 0.923 bits per heavy atom. The first kappa shape index (κ1) is 38.0. The number of aliphatic carboxylic acids is 1. The van der Waals surface area contributed by atoms with Crippen LogP contribution in [0.3, 0.4) is 0 Å². The van der Waals surface area contributed by atoms with Gasteiger partial charge in [0, 0.05) is 43.7 Å². The molecule has 0 bridgehead atoms. The van der Waals surface area contributed by atoms with Crippen molar-refractivity contribution < 1.29 is 29.4 Å². The molecule has 274 valence electrons. The number of aliphatic hydroxyl groups excluding tert-OH is 1. The van der Waals surface area contributed by atoms with Gasteiger partial charge in [0.25, 0.3) is 11.8 Å². The van der Waals surface area contributed by atoms with Gasteiger partial charge in [0.2, 0.25) is 5.91 Å². The predicted octanol–water partition coefficient (Wildman–Crippen LogP) is 6.05. The van der Waals surface area contributed by atoms with Crippen LogP contribution in [0.15, 0.2) is 78.9 Å². The summed E-state index contributed by atoms with van der Waals surface area (Å²) in [7, 11) is 0. The number of unbranched alkanes of at least 4 members (excludes halogenated alkanes) is 2. The molecule has 11 heteroatoms.